The van der Waals surface area contributed by atoms with Crippen LogP contribution in [0.4, 0.5) is 4.39 Å². The van der Waals surface area contributed by atoms with Gasteiger partial charge >= 0.3 is 5.97 Å². The molecule has 0 bridgehead atoms. The van der Waals surface area contributed by atoms with Crippen LogP contribution in [0.25, 0.3) is 0 Å². The number of phenols is 1. The molecule has 1 aromatic rings. The van der Waals surface area contributed by atoms with E-state index >= 15 is 0 Å². The summed E-state index contributed by atoms with van der Waals surface area (Å²) in [6.45, 7) is 1.82. The van der Waals surface area contributed by atoms with E-state index in [0.717, 1.165) is 0 Å². The van der Waals surface area contributed by atoms with Crippen LogP contribution in [0.2, 0.25) is 0 Å². The van der Waals surface area contributed by atoms with Gasteiger partial charge in [-0.3, -0.25) is 4.79 Å². The van der Waals surface area contributed by atoms with Crippen LogP contribution in [-0.2, 0) is 4.79 Å². The Morgan fingerprint density at radius 1 is 1.57 bits per heavy atom. The van der Waals surface area contributed by atoms with Crippen LogP contribution in [0.5, 0.6) is 11.5 Å². The van der Waals surface area contributed by atoms with Gasteiger partial charge in [0.2, 0.25) is 5.82 Å². The van der Waals surface area contributed by atoms with Gasteiger partial charge in [-0.05, 0) is 18.6 Å². The van der Waals surface area contributed by atoms with Crippen molar-refractivity contribution in [1.82, 2.24) is 0 Å². The lowest BCUT2D eigenvalue weighted by Crippen LogP contribution is -2.07. The van der Waals surface area contributed by atoms with Crippen molar-refractivity contribution in [2.75, 3.05) is 0 Å². The molecule has 0 fully saturated rings. The number of benzene rings is 1. The van der Waals surface area contributed by atoms with E-state index in [0.29, 0.717) is 6.42 Å². The van der Waals surface area contributed by atoms with Crippen LogP contribution in [0.1, 0.15) is 19.8 Å². The maximum absolute atomic E-state index is 13.1. The minimum Gasteiger partial charge on any atom is -0.505 e. The Bertz CT molecular complexity index is 336. The molecule has 0 unspecified atom stereocenters. The molecule has 0 aliphatic rings. The number of hydrogen-bond acceptors (Lipinski definition) is 3. The molecule has 4 heteroatoms. The van der Waals surface area contributed by atoms with Crippen molar-refractivity contribution in [2.45, 2.75) is 19.8 Å². The first kappa shape index (κ1) is 10.5. The maximum atomic E-state index is 13.1. The molecule has 0 saturated heterocycles. The number of carbonyl (C=O) groups excluding carboxylic acids is 1. The van der Waals surface area contributed by atoms with E-state index in [-0.39, 0.29) is 12.2 Å². The molecule has 0 saturated carbocycles. The summed E-state index contributed by atoms with van der Waals surface area (Å²) in [5, 5.41) is 8.98. The summed E-state index contributed by atoms with van der Waals surface area (Å²) in [5.41, 5.74) is 0. The van der Waals surface area contributed by atoms with Gasteiger partial charge in [0.1, 0.15) is 0 Å². The van der Waals surface area contributed by atoms with Crippen molar-refractivity contribution >= 4 is 5.97 Å². The molecule has 0 aromatic heterocycles. The SMILES string of the molecule is CCCC(=O)Oc1cccc(O)c1F. The Morgan fingerprint density at radius 2 is 2.29 bits per heavy atom. The van der Waals surface area contributed by atoms with Crippen LogP contribution in [0.3, 0.4) is 0 Å². The third-order valence-corrected chi connectivity index (χ3v) is 1.62. The zero-order chi connectivity index (χ0) is 10.6. The quantitative estimate of drug-likeness (QED) is 0.598. The molecule has 0 spiro atoms. The first-order chi connectivity index (χ1) is 6.65. The molecular formula is C10H11FO3. The zero-order valence-electron chi connectivity index (χ0n) is 7.79. The Hall–Kier alpha value is -1.58. The predicted octanol–water partition coefficient (Wildman–Crippen LogP) is 2.24. The second-order valence-corrected chi connectivity index (χ2v) is 2.81. The first-order valence-corrected chi connectivity index (χ1v) is 4.33. The Balaban J connectivity index is 2.76. The highest BCUT2D eigenvalue weighted by Gasteiger charge is 2.11. The van der Waals surface area contributed by atoms with Crippen LogP contribution in [0, 0.1) is 5.82 Å². The molecule has 0 aliphatic heterocycles. The molecule has 76 valence electrons. The normalized spacial score (nSPS) is 9.86. The monoisotopic (exact) mass is 198 g/mol. The number of ether oxygens (including phenoxy) is 1. The van der Waals surface area contributed by atoms with E-state index in [9.17, 15) is 9.18 Å². The lowest BCUT2D eigenvalue weighted by Gasteiger charge is -2.04. The van der Waals surface area contributed by atoms with Crippen molar-refractivity contribution in [3.8, 4) is 11.5 Å². The van der Waals surface area contributed by atoms with Crippen molar-refractivity contribution in [1.29, 1.82) is 0 Å². The van der Waals surface area contributed by atoms with E-state index in [4.69, 9.17) is 9.84 Å². The van der Waals surface area contributed by atoms with Gasteiger partial charge in [0, 0.05) is 6.42 Å². The Labute approximate surface area is 81.1 Å². The summed E-state index contributed by atoms with van der Waals surface area (Å²) in [7, 11) is 0. The van der Waals surface area contributed by atoms with Crippen LogP contribution >= 0.6 is 0 Å². The molecule has 0 atom stereocenters. The van der Waals surface area contributed by atoms with Crippen molar-refractivity contribution in [2.24, 2.45) is 0 Å². The second kappa shape index (κ2) is 4.60. The van der Waals surface area contributed by atoms with Crippen molar-refractivity contribution in [3.63, 3.8) is 0 Å². The first-order valence-electron chi connectivity index (χ1n) is 4.33. The van der Waals surface area contributed by atoms with Crippen molar-refractivity contribution in [3.05, 3.63) is 24.0 Å². The molecular weight excluding hydrogens is 187 g/mol. The fourth-order valence-electron chi connectivity index (χ4n) is 0.956. The standard InChI is InChI=1S/C10H11FO3/c1-2-4-9(13)14-8-6-3-5-7(12)10(8)11/h3,5-6,12H,2,4H2,1H3. The molecule has 0 amide bonds. The summed E-state index contributed by atoms with van der Waals surface area (Å²) in [6.07, 6.45) is 0.869. The lowest BCUT2D eigenvalue weighted by atomic mass is 10.3. The minimum absolute atomic E-state index is 0.231. The van der Waals surface area contributed by atoms with Gasteiger partial charge in [0.05, 0.1) is 0 Å². The second-order valence-electron chi connectivity index (χ2n) is 2.81. The van der Waals surface area contributed by atoms with E-state index in [1.165, 1.54) is 18.2 Å². The summed E-state index contributed by atoms with van der Waals surface area (Å²) in [4.78, 5) is 11.0. The predicted molar refractivity (Wildman–Crippen MR) is 48.6 cm³/mol. The Morgan fingerprint density at radius 3 is 2.93 bits per heavy atom. The van der Waals surface area contributed by atoms with E-state index in [1.807, 2.05) is 6.92 Å². The molecule has 14 heavy (non-hydrogen) atoms. The van der Waals surface area contributed by atoms with Gasteiger partial charge in [-0.2, -0.15) is 4.39 Å². The highest BCUT2D eigenvalue weighted by atomic mass is 19.1. The summed E-state index contributed by atoms with van der Waals surface area (Å²) in [6, 6.07) is 3.89. The molecule has 1 rings (SSSR count). The average molecular weight is 198 g/mol. The number of halogens is 1. The lowest BCUT2D eigenvalue weighted by molar-refractivity contribution is -0.134. The number of aromatic hydroxyl groups is 1. The topological polar surface area (TPSA) is 46.5 Å². The molecule has 1 N–H and O–H groups in total. The van der Waals surface area contributed by atoms with Gasteiger partial charge in [-0.15, -0.1) is 0 Å². The maximum Gasteiger partial charge on any atom is 0.311 e. The average Bonchev–Trinajstić information content (AvgIpc) is 2.13. The van der Waals surface area contributed by atoms with Gasteiger partial charge in [-0.1, -0.05) is 13.0 Å². The van der Waals surface area contributed by atoms with Gasteiger partial charge in [0.25, 0.3) is 0 Å². The van der Waals surface area contributed by atoms with Crippen molar-refractivity contribution < 1.29 is 19.0 Å². The summed E-state index contributed by atoms with van der Waals surface area (Å²) in [5.74, 6) is -2.16. The van der Waals surface area contributed by atoms with Gasteiger partial charge in [-0.25, -0.2) is 0 Å². The highest BCUT2D eigenvalue weighted by molar-refractivity contribution is 5.72. The molecule has 3 nitrogen and oxygen atoms in total. The van der Waals surface area contributed by atoms with E-state index in [1.54, 1.807) is 0 Å². The largest absolute Gasteiger partial charge is 0.505 e. The van der Waals surface area contributed by atoms with Crippen LogP contribution in [0.15, 0.2) is 18.2 Å². The third kappa shape index (κ3) is 2.45. The molecule has 0 aliphatic carbocycles. The number of phenolic OH excluding ortho intramolecular Hbond substituents is 1. The van der Waals surface area contributed by atoms with Crippen LogP contribution in [-0.4, -0.2) is 11.1 Å². The van der Waals surface area contributed by atoms with E-state index in [2.05, 4.69) is 0 Å². The molecule has 0 heterocycles. The number of carbonyl (C=O) groups is 1. The Kier molecular flexibility index (Phi) is 3.45. The fraction of sp³-hybridized carbons (Fsp3) is 0.300. The van der Waals surface area contributed by atoms with E-state index < -0.39 is 17.5 Å². The number of hydrogen-bond donors (Lipinski definition) is 1. The highest BCUT2D eigenvalue weighted by Crippen LogP contribution is 2.25. The summed E-state index contributed by atoms with van der Waals surface area (Å²) < 4.78 is 17.8. The zero-order valence-corrected chi connectivity index (χ0v) is 7.79. The van der Waals surface area contributed by atoms with Crippen LogP contribution < -0.4 is 4.74 Å². The fourth-order valence-corrected chi connectivity index (χ4v) is 0.956. The number of esters is 1. The third-order valence-electron chi connectivity index (χ3n) is 1.62. The number of rotatable bonds is 3. The smallest absolute Gasteiger partial charge is 0.311 e. The molecule has 1 aromatic carbocycles. The minimum atomic E-state index is -0.906. The van der Waals surface area contributed by atoms with Gasteiger partial charge in [0.15, 0.2) is 11.5 Å². The summed E-state index contributed by atoms with van der Waals surface area (Å²) >= 11 is 0. The van der Waals surface area contributed by atoms with Gasteiger partial charge < -0.3 is 9.84 Å². The molecule has 0 radical (unpaired) electrons.